The zero-order valence-electron chi connectivity index (χ0n) is 17.6. The van der Waals surface area contributed by atoms with E-state index < -0.39 is 5.60 Å². The van der Waals surface area contributed by atoms with Crippen molar-refractivity contribution in [1.82, 2.24) is 9.80 Å². The van der Waals surface area contributed by atoms with Crippen LogP contribution in [0.5, 0.6) is 11.5 Å². The first-order valence-electron chi connectivity index (χ1n) is 9.78. The molecule has 0 bridgehead atoms. The van der Waals surface area contributed by atoms with Gasteiger partial charge in [0.2, 0.25) is 0 Å². The van der Waals surface area contributed by atoms with Gasteiger partial charge in [0.1, 0.15) is 17.1 Å². The number of nitrogens with zero attached hydrogens (tertiary/aromatic N) is 2. The minimum Gasteiger partial charge on any atom is -0.496 e. The Morgan fingerprint density at radius 1 is 1.11 bits per heavy atom. The third-order valence-electron chi connectivity index (χ3n) is 5.94. The monoisotopic (exact) mass is 384 g/mol. The molecule has 1 fully saturated rings. The maximum Gasteiger partial charge on any atom is 0.129 e. The predicted molar refractivity (Wildman–Crippen MR) is 112 cm³/mol. The number of rotatable bonds is 6. The number of methoxy groups -OCH3 is 2. The Balaban J connectivity index is 1.83. The van der Waals surface area contributed by atoms with Crippen molar-refractivity contribution in [3.8, 4) is 11.5 Å². The number of piperidine rings is 1. The van der Waals surface area contributed by atoms with Crippen LogP contribution in [0.2, 0.25) is 0 Å². The van der Waals surface area contributed by atoms with Crippen molar-refractivity contribution >= 4 is 0 Å². The number of aliphatic hydroxyl groups is 1. The lowest BCUT2D eigenvalue weighted by Gasteiger charge is -2.47. The Hall–Kier alpha value is -2.08. The van der Waals surface area contributed by atoms with E-state index in [-0.39, 0.29) is 6.04 Å². The lowest BCUT2D eigenvalue weighted by Crippen LogP contribution is -2.58. The highest BCUT2D eigenvalue weighted by Crippen LogP contribution is 2.37. The topological polar surface area (TPSA) is 45.2 Å². The second-order valence-electron chi connectivity index (χ2n) is 7.84. The van der Waals surface area contributed by atoms with Gasteiger partial charge in [0.25, 0.3) is 0 Å². The lowest BCUT2D eigenvalue weighted by molar-refractivity contribution is -0.0893. The van der Waals surface area contributed by atoms with Gasteiger partial charge in [-0.05, 0) is 39.1 Å². The second kappa shape index (κ2) is 8.52. The largest absolute Gasteiger partial charge is 0.496 e. The molecule has 1 aliphatic rings. The molecular weight excluding hydrogens is 352 g/mol. The fraction of sp³-hybridized carbons (Fsp3) is 0.478. The summed E-state index contributed by atoms with van der Waals surface area (Å²) in [7, 11) is 7.47. The van der Waals surface area contributed by atoms with Gasteiger partial charge in [-0.1, -0.05) is 36.4 Å². The van der Waals surface area contributed by atoms with E-state index in [1.807, 2.05) is 57.4 Å². The average Bonchev–Trinajstić information content (AvgIpc) is 2.70. The van der Waals surface area contributed by atoms with Crippen LogP contribution in [0.1, 0.15) is 23.1 Å². The van der Waals surface area contributed by atoms with E-state index >= 15 is 0 Å². The maximum atomic E-state index is 11.6. The SMILES string of the molecule is COc1ccc(CN2CC[C@](O)(c3ccccc3)[C@H](N(C)C)C2)c(OC)c1C. The van der Waals surface area contributed by atoms with Crippen LogP contribution >= 0.6 is 0 Å². The fourth-order valence-corrected chi connectivity index (χ4v) is 4.38. The van der Waals surface area contributed by atoms with Crippen molar-refractivity contribution in [2.45, 2.75) is 31.5 Å². The molecule has 2 aromatic carbocycles. The van der Waals surface area contributed by atoms with Crippen LogP contribution in [0, 0.1) is 6.92 Å². The van der Waals surface area contributed by atoms with E-state index in [2.05, 4.69) is 15.9 Å². The van der Waals surface area contributed by atoms with Crippen molar-refractivity contribution in [3.63, 3.8) is 0 Å². The highest BCUT2D eigenvalue weighted by atomic mass is 16.5. The summed E-state index contributed by atoms with van der Waals surface area (Å²) in [6.07, 6.45) is 0.692. The highest BCUT2D eigenvalue weighted by Gasteiger charge is 2.44. The predicted octanol–water partition coefficient (Wildman–Crippen LogP) is 3.04. The first-order valence-corrected chi connectivity index (χ1v) is 9.78. The Kier molecular flexibility index (Phi) is 6.28. The van der Waals surface area contributed by atoms with Crippen LogP contribution in [0.4, 0.5) is 0 Å². The molecule has 1 aliphatic heterocycles. The van der Waals surface area contributed by atoms with Crippen LogP contribution in [0.15, 0.2) is 42.5 Å². The Morgan fingerprint density at radius 2 is 1.82 bits per heavy atom. The summed E-state index contributed by atoms with van der Waals surface area (Å²) in [4.78, 5) is 4.53. The summed E-state index contributed by atoms with van der Waals surface area (Å²) in [5.41, 5.74) is 2.31. The molecule has 5 heteroatoms. The third kappa shape index (κ3) is 3.88. The van der Waals surface area contributed by atoms with Gasteiger partial charge in [-0.3, -0.25) is 4.90 Å². The molecule has 0 aromatic heterocycles. The summed E-state index contributed by atoms with van der Waals surface area (Å²) < 4.78 is 11.1. The highest BCUT2D eigenvalue weighted by molar-refractivity contribution is 5.49. The van der Waals surface area contributed by atoms with Gasteiger partial charge in [-0.15, -0.1) is 0 Å². The number of ether oxygens (including phenoxy) is 2. The minimum absolute atomic E-state index is 0.00832. The summed E-state index contributed by atoms with van der Waals surface area (Å²) in [5.74, 6) is 1.72. The first-order chi connectivity index (χ1) is 13.4. The molecule has 152 valence electrons. The van der Waals surface area contributed by atoms with Crippen LogP contribution in [-0.4, -0.2) is 62.4 Å². The summed E-state index contributed by atoms with van der Waals surface area (Å²) in [6.45, 7) is 4.41. The smallest absolute Gasteiger partial charge is 0.129 e. The maximum absolute atomic E-state index is 11.6. The zero-order chi connectivity index (χ0) is 20.3. The molecule has 3 rings (SSSR count). The number of likely N-dealkylation sites (N-methyl/N-ethyl adjacent to an activating group) is 1. The molecule has 1 heterocycles. The average molecular weight is 385 g/mol. The Bertz CT molecular complexity index is 794. The molecule has 0 amide bonds. The molecule has 0 spiro atoms. The Morgan fingerprint density at radius 3 is 2.43 bits per heavy atom. The molecule has 0 aliphatic carbocycles. The van der Waals surface area contributed by atoms with Crippen LogP contribution in [0.25, 0.3) is 0 Å². The molecule has 5 nitrogen and oxygen atoms in total. The fourth-order valence-electron chi connectivity index (χ4n) is 4.38. The van der Waals surface area contributed by atoms with Crippen molar-refractivity contribution in [2.75, 3.05) is 41.4 Å². The third-order valence-corrected chi connectivity index (χ3v) is 5.94. The van der Waals surface area contributed by atoms with E-state index in [9.17, 15) is 5.11 Å². The van der Waals surface area contributed by atoms with E-state index in [1.54, 1.807) is 14.2 Å². The van der Waals surface area contributed by atoms with Gasteiger partial charge in [-0.2, -0.15) is 0 Å². The Labute approximate surface area is 168 Å². The molecule has 0 unspecified atom stereocenters. The van der Waals surface area contributed by atoms with E-state index in [1.165, 1.54) is 0 Å². The molecule has 2 aromatic rings. The molecule has 2 atom stereocenters. The number of hydrogen-bond acceptors (Lipinski definition) is 5. The van der Waals surface area contributed by atoms with Gasteiger partial charge < -0.3 is 19.5 Å². The standard InChI is InChI=1S/C23H32N2O3/c1-17-20(27-4)12-11-18(22(17)28-5)15-25-14-13-23(26,21(16-25)24(2)3)19-9-7-6-8-10-19/h6-12,21,26H,13-16H2,1-5H3/t21-,23+/m1/s1. The van der Waals surface area contributed by atoms with Crippen molar-refractivity contribution < 1.29 is 14.6 Å². The quantitative estimate of drug-likeness (QED) is 0.829. The summed E-state index contributed by atoms with van der Waals surface area (Å²) >= 11 is 0. The number of likely N-dealkylation sites (tertiary alicyclic amines) is 1. The minimum atomic E-state index is -0.846. The normalized spacial score (nSPS) is 23.0. The van der Waals surface area contributed by atoms with Gasteiger partial charge in [0, 0.05) is 30.8 Å². The first kappa shape index (κ1) is 20.6. The number of benzene rings is 2. The van der Waals surface area contributed by atoms with Gasteiger partial charge >= 0.3 is 0 Å². The molecule has 28 heavy (non-hydrogen) atoms. The van der Waals surface area contributed by atoms with Crippen molar-refractivity contribution in [3.05, 3.63) is 59.2 Å². The van der Waals surface area contributed by atoms with E-state index in [0.717, 1.165) is 47.8 Å². The molecule has 1 N–H and O–H groups in total. The molecule has 1 saturated heterocycles. The summed E-state index contributed by atoms with van der Waals surface area (Å²) in [6, 6.07) is 14.1. The lowest BCUT2D eigenvalue weighted by atomic mass is 9.79. The van der Waals surface area contributed by atoms with Crippen LogP contribution in [0.3, 0.4) is 0 Å². The number of hydrogen-bond donors (Lipinski definition) is 1. The van der Waals surface area contributed by atoms with E-state index in [0.29, 0.717) is 6.42 Å². The molecule has 0 saturated carbocycles. The van der Waals surface area contributed by atoms with Crippen LogP contribution < -0.4 is 9.47 Å². The molecule has 0 radical (unpaired) electrons. The molecular formula is C23H32N2O3. The van der Waals surface area contributed by atoms with Crippen molar-refractivity contribution in [2.24, 2.45) is 0 Å². The van der Waals surface area contributed by atoms with E-state index in [4.69, 9.17) is 9.47 Å². The van der Waals surface area contributed by atoms with Gasteiger partial charge in [0.15, 0.2) is 0 Å². The van der Waals surface area contributed by atoms with Gasteiger partial charge in [-0.25, -0.2) is 0 Å². The van der Waals surface area contributed by atoms with Gasteiger partial charge in [0.05, 0.1) is 20.3 Å². The second-order valence-corrected chi connectivity index (χ2v) is 7.84. The van der Waals surface area contributed by atoms with Crippen LogP contribution in [-0.2, 0) is 12.1 Å². The van der Waals surface area contributed by atoms with Crippen molar-refractivity contribution in [1.29, 1.82) is 0 Å². The summed E-state index contributed by atoms with van der Waals surface area (Å²) in [5, 5.41) is 11.6. The zero-order valence-corrected chi connectivity index (χ0v) is 17.6.